The van der Waals surface area contributed by atoms with Crippen LogP contribution >= 0.6 is 0 Å². The second-order valence-electron chi connectivity index (χ2n) is 5.43. The second kappa shape index (κ2) is 5.21. The first-order chi connectivity index (χ1) is 9.24. The van der Waals surface area contributed by atoms with Gasteiger partial charge in [-0.05, 0) is 50.4 Å². The summed E-state index contributed by atoms with van der Waals surface area (Å²) in [6, 6.07) is 6.41. The zero-order valence-corrected chi connectivity index (χ0v) is 11.3. The fraction of sp³-hybridized carbons (Fsp3) is 0.533. The summed E-state index contributed by atoms with van der Waals surface area (Å²) in [5.74, 6) is -0.239. The van der Waals surface area contributed by atoms with Gasteiger partial charge in [0.1, 0.15) is 0 Å². The summed E-state index contributed by atoms with van der Waals surface area (Å²) < 4.78 is 7.04. The zero-order chi connectivity index (χ0) is 13.2. The van der Waals surface area contributed by atoms with E-state index in [4.69, 9.17) is 4.42 Å². The van der Waals surface area contributed by atoms with Crippen molar-refractivity contribution < 1.29 is 4.42 Å². The van der Waals surface area contributed by atoms with Crippen molar-refractivity contribution in [3.8, 4) is 0 Å². The van der Waals surface area contributed by atoms with Gasteiger partial charge in [-0.2, -0.15) is 0 Å². The molecule has 0 radical (unpaired) electrons. The Balaban J connectivity index is 1.81. The molecule has 4 nitrogen and oxygen atoms in total. The number of fused-ring (bicyclic) bond motifs is 1. The number of nitrogens with zero attached hydrogens (tertiary/aromatic N) is 1. The van der Waals surface area contributed by atoms with Crippen LogP contribution in [0.4, 0.5) is 0 Å². The van der Waals surface area contributed by atoms with Crippen LogP contribution in [0.2, 0.25) is 0 Å². The summed E-state index contributed by atoms with van der Waals surface area (Å²) in [5.41, 5.74) is 2.76. The number of nitrogens with one attached hydrogen (secondary N) is 1. The molecule has 1 aromatic heterocycles. The molecular formula is C15H20N2O2. The fourth-order valence-corrected chi connectivity index (χ4v) is 2.84. The van der Waals surface area contributed by atoms with E-state index in [0.29, 0.717) is 11.6 Å². The minimum atomic E-state index is -0.239. The van der Waals surface area contributed by atoms with E-state index in [9.17, 15) is 4.79 Å². The average molecular weight is 260 g/mol. The number of hydrogen-bond donors (Lipinski definition) is 1. The summed E-state index contributed by atoms with van der Waals surface area (Å²) in [6.07, 6.45) is 4.76. The van der Waals surface area contributed by atoms with Crippen molar-refractivity contribution >= 4 is 11.1 Å². The van der Waals surface area contributed by atoms with E-state index in [2.05, 4.69) is 5.32 Å². The second-order valence-corrected chi connectivity index (χ2v) is 5.43. The van der Waals surface area contributed by atoms with Crippen molar-refractivity contribution in [3.63, 3.8) is 0 Å². The van der Waals surface area contributed by atoms with Crippen LogP contribution in [0.5, 0.6) is 0 Å². The SMILES string of the molecule is Cc1ccc2oc(=O)n(CCC3CCCCN3)c2c1. The van der Waals surface area contributed by atoms with Crippen molar-refractivity contribution in [1.82, 2.24) is 9.88 Å². The van der Waals surface area contributed by atoms with E-state index in [1.807, 2.05) is 25.1 Å². The van der Waals surface area contributed by atoms with Crippen LogP contribution in [0.15, 0.2) is 27.4 Å². The summed E-state index contributed by atoms with van der Waals surface area (Å²) in [4.78, 5) is 11.9. The molecule has 19 heavy (non-hydrogen) atoms. The van der Waals surface area contributed by atoms with Gasteiger partial charge in [0.15, 0.2) is 5.58 Å². The lowest BCUT2D eigenvalue weighted by molar-refractivity contribution is 0.362. The quantitative estimate of drug-likeness (QED) is 0.922. The number of hydrogen-bond acceptors (Lipinski definition) is 3. The van der Waals surface area contributed by atoms with Crippen LogP contribution in [0, 0.1) is 6.92 Å². The number of oxazole rings is 1. The van der Waals surface area contributed by atoms with Gasteiger partial charge in [0, 0.05) is 12.6 Å². The number of piperidine rings is 1. The van der Waals surface area contributed by atoms with E-state index in [1.165, 1.54) is 19.3 Å². The van der Waals surface area contributed by atoms with Gasteiger partial charge in [0.25, 0.3) is 0 Å². The van der Waals surface area contributed by atoms with Gasteiger partial charge in [-0.1, -0.05) is 12.5 Å². The third-order valence-corrected chi connectivity index (χ3v) is 3.94. The van der Waals surface area contributed by atoms with E-state index < -0.39 is 0 Å². The monoisotopic (exact) mass is 260 g/mol. The predicted octanol–water partition coefficient (Wildman–Crippen LogP) is 2.44. The Morgan fingerprint density at radius 2 is 2.32 bits per heavy atom. The molecule has 1 aromatic carbocycles. The molecule has 0 saturated carbocycles. The Morgan fingerprint density at radius 3 is 3.11 bits per heavy atom. The number of rotatable bonds is 3. The molecule has 1 saturated heterocycles. The van der Waals surface area contributed by atoms with E-state index in [0.717, 1.165) is 30.6 Å². The molecule has 0 amide bonds. The number of aryl methyl sites for hydroxylation is 2. The maximum absolute atomic E-state index is 11.9. The number of benzene rings is 1. The van der Waals surface area contributed by atoms with E-state index in [-0.39, 0.29) is 5.76 Å². The van der Waals surface area contributed by atoms with Crippen LogP contribution < -0.4 is 11.1 Å². The van der Waals surface area contributed by atoms with Gasteiger partial charge >= 0.3 is 5.76 Å². The first kappa shape index (κ1) is 12.5. The predicted molar refractivity (Wildman–Crippen MR) is 75.5 cm³/mol. The largest absolute Gasteiger partial charge is 0.419 e. The van der Waals surface area contributed by atoms with Gasteiger partial charge in [-0.25, -0.2) is 4.79 Å². The van der Waals surface area contributed by atoms with Crippen LogP contribution in [0.25, 0.3) is 11.1 Å². The number of aromatic nitrogens is 1. The van der Waals surface area contributed by atoms with Crippen molar-refractivity contribution in [2.24, 2.45) is 0 Å². The van der Waals surface area contributed by atoms with Gasteiger partial charge in [-0.3, -0.25) is 4.57 Å². The molecule has 1 aliphatic heterocycles. The maximum Gasteiger partial charge on any atom is 0.419 e. The molecule has 1 unspecified atom stereocenters. The molecule has 1 atom stereocenters. The molecule has 3 rings (SSSR count). The fourth-order valence-electron chi connectivity index (χ4n) is 2.84. The first-order valence-corrected chi connectivity index (χ1v) is 7.07. The van der Waals surface area contributed by atoms with Gasteiger partial charge < -0.3 is 9.73 Å². The highest BCUT2D eigenvalue weighted by molar-refractivity contribution is 5.73. The average Bonchev–Trinajstić information content (AvgIpc) is 2.73. The lowest BCUT2D eigenvalue weighted by Crippen LogP contribution is -2.35. The molecule has 102 valence electrons. The lowest BCUT2D eigenvalue weighted by Gasteiger charge is -2.23. The molecule has 1 fully saturated rings. The smallest absolute Gasteiger partial charge is 0.408 e. The minimum Gasteiger partial charge on any atom is -0.408 e. The molecule has 1 N–H and O–H groups in total. The zero-order valence-electron chi connectivity index (χ0n) is 11.3. The van der Waals surface area contributed by atoms with Gasteiger partial charge in [0.05, 0.1) is 5.52 Å². The Morgan fingerprint density at radius 1 is 1.42 bits per heavy atom. The molecule has 0 spiro atoms. The van der Waals surface area contributed by atoms with Crippen molar-refractivity contribution in [2.75, 3.05) is 6.54 Å². The highest BCUT2D eigenvalue weighted by Crippen LogP contribution is 2.16. The first-order valence-electron chi connectivity index (χ1n) is 7.07. The third kappa shape index (κ3) is 2.59. The summed E-state index contributed by atoms with van der Waals surface area (Å²) in [5, 5.41) is 3.51. The summed E-state index contributed by atoms with van der Waals surface area (Å²) in [7, 11) is 0. The van der Waals surface area contributed by atoms with Crippen LogP contribution in [0.3, 0.4) is 0 Å². The Bertz CT molecular complexity index is 621. The molecule has 0 aliphatic carbocycles. The molecule has 1 aliphatic rings. The highest BCUT2D eigenvalue weighted by Gasteiger charge is 2.15. The Labute approximate surface area is 112 Å². The van der Waals surface area contributed by atoms with Crippen LogP contribution in [-0.2, 0) is 6.54 Å². The van der Waals surface area contributed by atoms with Crippen molar-refractivity contribution in [2.45, 2.75) is 45.2 Å². The molecular weight excluding hydrogens is 240 g/mol. The standard InChI is InChI=1S/C15H20N2O2/c1-11-5-6-14-13(10-11)17(15(18)19-14)9-7-12-4-2-3-8-16-12/h5-6,10,12,16H,2-4,7-9H2,1H3. The summed E-state index contributed by atoms with van der Waals surface area (Å²) >= 11 is 0. The topological polar surface area (TPSA) is 47.2 Å². The molecule has 0 bridgehead atoms. The molecule has 4 heteroatoms. The Hall–Kier alpha value is -1.55. The lowest BCUT2D eigenvalue weighted by atomic mass is 10.0. The normalized spacial score (nSPS) is 19.9. The minimum absolute atomic E-state index is 0.239. The van der Waals surface area contributed by atoms with Crippen molar-refractivity contribution in [3.05, 3.63) is 34.3 Å². The van der Waals surface area contributed by atoms with Gasteiger partial charge in [0.2, 0.25) is 0 Å². The highest BCUT2D eigenvalue weighted by atomic mass is 16.4. The molecule has 2 aromatic rings. The van der Waals surface area contributed by atoms with Gasteiger partial charge in [-0.15, -0.1) is 0 Å². The van der Waals surface area contributed by atoms with E-state index in [1.54, 1.807) is 4.57 Å². The molecule has 2 heterocycles. The van der Waals surface area contributed by atoms with Crippen LogP contribution in [0.1, 0.15) is 31.2 Å². The van der Waals surface area contributed by atoms with Crippen molar-refractivity contribution in [1.29, 1.82) is 0 Å². The summed E-state index contributed by atoms with van der Waals surface area (Å²) in [6.45, 7) is 3.86. The maximum atomic E-state index is 11.9. The third-order valence-electron chi connectivity index (χ3n) is 3.94. The Kier molecular flexibility index (Phi) is 3.42. The van der Waals surface area contributed by atoms with Crippen LogP contribution in [-0.4, -0.2) is 17.2 Å². The van der Waals surface area contributed by atoms with E-state index >= 15 is 0 Å².